The van der Waals surface area contributed by atoms with Crippen LogP contribution < -0.4 is 10.6 Å². The molecule has 0 aromatic carbocycles. The molecule has 2 aliphatic rings. The summed E-state index contributed by atoms with van der Waals surface area (Å²) >= 11 is 0. The van der Waals surface area contributed by atoms with Gasteiger partial charge in [-0.2, -0.15) is 0 Å². The van der Waals surface area contributed by atoms with E-state index in [0.29, 0.717) is 12.1 Å². The van der Waals surface area contributed by atoms with Crippen molar-refractivity contribution in [3.05, 3.63) is 24.2 Å². The summed E-state index contributed by atoms with van der Waals surface area (Å²) in [5, 5.41) is 7.20. The zero-order chi connectivity index (χ0) is 16.8. The zero-order valence-electron chi connectivity index (χ0n) is 15.1. The monoisotopic (exact) mass is 332 g/mol. The third-order valence-electron chi connectivity index (χ3n) is 5.14. The van der Waals surface area contributed by atoms with Crippen molar-refractivity contribution in [3.63, 3.8) is 0 Å². The molecule has 24 heavy (non-hydrogen) atoms. The second-order valence-corrected chi connectivity index (χ2v) is 7.20. The van der Waals surface area contributed by atoms with E-state index in [1.165, 1.54) is 38.8 Å². The Kier molecular flexibility index (Phi) is 6.18. The minimum Gasteiger partial charge on any atom is -0.469 e. The fourth-order valence-corrected chi connectivity index (χ4v) is 3.24. The highest BCUT2D eigenvalue weighted by Gasteiger charge is 2.31. The largest absolute Gasteiger partial charge is 0.469 e. The summed E-state index contributed by atoms with van der Waals surface area (Å²) < 4.78 is 5.39. The number of hydrogen-bond donors (Lipinski definition) is 2. The average Bonchev–Trinajstić information content (AvgIpc) is 3.32. The van der Waals surface area contributed by atoms with Gasteiger partial charge in [0.15, 0.2) is 5.96 Å². The van der Waals surface area contributed by atoms with E-state index in [-0.39, 0.29) is 0 Å². The highest BCUT2D eigenvalue weighted by atomic mass is 16.3. The first-order chi connectivity index (χ1) is 11.7. The van der Waals surface area contributed by atoms with Gasteiger partial charge in [-0.3, -0.25) is 4.99 Å². The van der Waals surface area contributed by atoms with E-state index in [9.17, 15) is 0 Å². The first-order valence-electron chi connectivity index (χ1n) is 9.58. The maximum absolute atomic E-state index is 5.39. The highest BCUT2D eigenvalue weighted by Crippen LogP contribution is 2.29. The summed E-state index contributed by atoms with van der Waals surface area (Å²) in [5.74, 6) is 1.96. The van der Waals surface area contributed by atoms with Crippen molar-refractivity contribution in [2.24, 2.45) is 4.99 Å². The van der Waals surface area contributed by atoms with Crippen LogP contribution in [0.5, 0.6) is 0 Å². The zero-order valence-corrected chi connectivity index (χ0v) is 15.1. The van der Waals surface area contributed by atoms with Crippen molar-refractivity contribution < 1.29 is 4.42 Å². The molecule has 0 bridgehead atoms. The predicted molar refractivity (Wildman–Crippen MR) is 98.4 cm³/mol. The lowest BCUT2D eigenvalue weighted by Crippen LogP contribution is -2.50. The molecule has 0 amide bonds. The molecule has 1 saturated carbocycles. The first kappa shape index (κ1) is 17.3. The van der Waals surface area contributed by atoms with Crippen LogP contribution in [0.25, 0.3) is 0 Å². The Balaban J connectivity index is 1.49. The Morgan fingerprint density at radius 2 is 2.12 bits per heavy atom. The molecule has 2 fully saturated rings. The van der Waals surface area contributed by atoms with Gasteiger partial charge in [0, 0.05) is 44.2 Å². The Morgan fingerprint density at radius 3 is 2.75 bits per heavy atom. The molecule has 0 radical (unpaired) electrons. The van der Waals surface area contributed by atoms with Gasteiger partial charge in [0.1, 0.15) is 5.76 Å². The van der Waals surface area contributed by atoms with Gasteiger partial charge in [-0.25, -0.2) is 0 Å². The quantitative estimate of drug-likeness (QED) is 0.595. The van der Waals surface area contributed by atoms with E-state index in [1.54, 1.807) is 6.26 Å². The van der Waals surface area contributed by atoms with Gasteiger partial charge < -0.3 is 20.0 Å². The molecular weight excluding hydrogens is 300 g/mol. The molecule has 134 valence electrons. The number of aliphatic imine (C=N–C) groups is 1. The molecule has 1 aliphatic carbocycles. The third-order valence-corrected chi connectivity index (χ3v) is 5.14. The number of guanidine groups is 1. The number of nitrogens with zero attached hydrogens (tertiary/aromatic N) is 2. The molecule has 5 nitrogen and oxygen atoms in total. The average molecular weight is 332 g/mol. The topological polar surface area (TPSA) is 52.8 Å². The van der Waals surface area contributed by atoms with Crippen LogP contribution in [-0.2, 0) is 6.42 Å². The van der Waals surface area contributed by atoms with E-state index < -0.39 is 0 Å². The molecular formula is C19H32N4O. The standard InChI is InChI=1S/C19H32N4O/c1-3-15(2)21-19(20-11-8-18-5-4-14-24-18)22-16-9-12-23(13-10-16)17-6-7-17/h4-5,14-17H,3,6-13H2,1-2H3,(H2,20,21,22). The SMILES string of the molecule is CCC(C)NC(=NCCc1ccco1)NC1CCN(C2CC2)CC1. The van der Waals surface area contributed by atoms with Crippen molar-refractivity contribution in [1.29, 1.82) is 0 Å². The molecule has 1 unspecified atom stereocenters. The lowest BCUT2D eigenvalue weighted by molar-refractivity contribution is 0.197. The molecule has 1 atom stereocenters. The fourth-order valence-electron chi connectivity index (χ4n) is 3.24. The number of rotatable bonds is 7. The predicted octanol–water partition coefficient (Wildman–Crippen LogP) is 2.78. The fraction of sp³-hybridized carbons (Fsp3) is 0.737. The Hall–Kier alpha value is -1.49. The number of likely N-dealkylation sites (tertiary alicyclic amines) is 1. The van der Waals surface area contributed by atoms with Gasteiger partial charge in [-0.1, -0.05) is 6.92 Å². The minimum absolute atomic E-state index is 0.436. The van der Waals surface area contributed by atoms with E-state index in [1.807, 2.05) is 12.1 Å². The number of piperidine rings is 1. The summed E-state index contributed by atoms with van der Waals surface area (Å²) in [6, 6.07) is 5.82. The Morgan fingerprint density at radius 1 is 1.33 bits per heavy atom. The highest BCUT2D eigenvalue weighted by molar-refractivity contribution is 5.80. The molecule has 1 aromatic rings. The van der Waals surface area contributed by atoms with Gasteiger partial charge in [0.2, 0.25) is 0 Å². The Bertz CT molecular complexity index is 501. The van der Waals surface area contributed by atoms with Crippen molar-refractivity contribution in [3.8, 4) is 0 Å². The van der Waals surface area contributed by atoms with Crippen LogP contribution in [0.2, 0.25) is 0 Å². The molecule has 2 N–H and O–H groups in total. The smallest absolute Gasteiger partial charge is 0.191 e. The molecule has 0 spiro atoms. The van der Waals surface area contributed by atoms with E-state index in [4.69, 9.17) is 9.41 Å². The normalized spacial score (nSPS) is 21.7. The summed E-state index contributed by atoms with van der Waals surface area (Å²) in [6.07, 6.45) is 8.93. The van der Waals surface area contributed by atoms with Crippen LogP contribution in [0.4, 0.5) is 0 Å². The van der Waals surface area contributed by atoms with Gasteiger partial charge in [-0.05, 0) is 51.2 Å². The van der Waals surface area contributed by atoms with Crippen molar-refractivity contribution in [1.82, 2.24) is 15.5 Å². The van der Waals surface area contributed by atoms with E-state index in [0.717, 1.165) is 37.1 Å². The maximum atomic E-state index is 5.39. The summed E-state index contributed by atoms with van der Waals surface area (Å²) in [5.41, 5.74) is 0. The lowest BCUT2D eigenvalue weighted by atomic mass is 10.1. The summed E-state index contributed by atoms with van der Waals surface area (Å²) in [6.45, 7) is 7.61. The minimum atomic E-state index is 0.436. The second-order valence-electron chi connectivity index (χ2n) is 7.20. The van der Waals surface area contributed by atoms with Crippen LogP contribution in [0.1, 0.15) is 51.7 Å². The molecule has 1 aromatic heterocycles. The van der Waals surface area contributed by atoms with Gasteiger partial charge in [0.05, 0.1) is 6.26 Å². The summed E-state index contributed by atoms with van der Waals surface area (Å²) in [7, 11) is 0. The van der Waals surface area contributed by atoms with E-state index in [2.05, 4.69) is 29.4 Å². The van der Waals surface area contributed by atoms with Crippen molar-refractivity contribution in [2.45, 2.75) is 70.5 Å². The van der Waals surface area contributed by atoms with Crippen molar-refractivity contribution in [2.75, 3.05) is 19.6 Å². The van der Waals surface area contributed by atoms with E-state index >= 15 is 0 Å². The molecule has 1 aliphatic heterocycles. The molecule has 5 heteroatoms. The van der Waals surface area contributed by atoms with Crippen LogP contribution >= 0.6 is 0 Å². The summed E-state index contributed by atoms with van der Waals surface area (Å²) in [4.78, 5) is 7.43. The third kappa shape index (κ3) is 5.26. The number of furan rings is 1. The molecule has 2 heterocycles. The van der Waals surface area contributed by atoms with Gasteiger partial charge >= 0.3 is 0 Å². The molecule has 1 saturated heterocycles. The maximum Gasteiger partial charge on any atom is 0.191 e. The second kappa shape index (κ2) is 8.56. The number of nitrogens with one attached hydrogen (secondary N) is 2. The first-order valence-corrected chi connectivity index (χ1v) is 9.58. The Labute approximate surface area is 145 Å². The van der Waals surface area contributed by atoms with Gasteiger partial charge in [0.25, 0.3) is 0 Å². The van der Waals surface area contributed by atoms with Crippen LogP contribution in [-0.4, -0.2) is 48.6 Å². The lowest BCUT2D eigenvalue weighted by Gasteiger charge is -2.33. The number of hydrogen-bond acceptors (Lipinski definition) is 3. The van der Waals surface area contributed by atoms with Crippen LogP contribution in [0, 0.1) is 0 Å². The molecule has 3 rings (SSSR count). The van der Waals surface area contributed by atoms with Crippen LogP contribution in [0.15, 0.2) is 27.8 Å². The van der Waals surface area contributed by atoms with Gasteiger partial charge in [-0.15, -0.1) is 0 Å². The van der Waals surface area contributed by atoms with Crippen LogP contribution in [0.3, 0.4) is 0 Å². The van der Waals surface area contributed by atoms with Crippen molar-refractivity contribution >= 4 is 5.96 Å².